The molecule has 0 spiro atoms. The predicted octanol–water partition coefficient (Wildman–Crippen LogP) is 4.38. The van der Waals surface area contributed by atoms with E-state index in [9.17, 15) is 9.59 Å². The molecule has 8 nitrogen and oxygen atoms in total. The van der Waals surface area contributed by atoms with E-state index >= 15 is 0 Å². The molecule has 1 aliphatic carbocycles. The Kier molecular flexibility index (Phi) is 7.19. The molecule has 1 N–H and O–H groups in total. The van der Waals surface area contributed by atoms with Crippen molar-refractivity contribution in [2.45, 2.75) is 44.2 Å². The molecule has 2 fully saturated rings. The van der Waals surface area contributed by atoms with Crippen LogP contribution in [0.15, 0.2) is 71.7 Å². The third-order valence-corrected chi connectivity index (χ3v) is 7.27. The first kappa shape index (κ1) is 24.9. The maximum atomic E-state index is 13.5. The summed E-state index contributed by atoms with van der Waals surface area (Å²) in [7, 11) is 0. The molecule has 5 rings (SSSR count). The van der Waals surface area contributed by atoms with Gasteiger partial charge in [-0.3, -0.25) is 24.6 Å². The third kappa shape index (κ3) is 5.49. The van der Waals surface area contributed by atoms with Crippen molar-refractivity contribution >= 4 is 41.2 Å². The van der Waals surface area contributed by atoms with Gasteiger partial charge in [-0.15, -0.1) is 0 Å². The van der Waals surface area contributed by atoms with Gasteiger partial charge in [-0.25, -0.2) is 0 Å². The van der Waals surface area contributed by atoms with E-state index in [1.54, 1.807) is 42.7 Å². The molecule has 2 heterocycles. The van der Waals surface area contributed by atoms with Crippen LogP contribution in [0.2, 0.25) is 5.02 Å². The molecule has 2 atom stereocenters. The Bertz CT molecular complexity index is 1360. The number of nitrogens with zero attached hydrogens (tertiary/aromatic N) is 5. The average Bonchev–Trinajstić information content (AvgIpc) is 3.77. The van der Waals surface area contributed by atoms with E-state index in [0.717, 1.165) is 18.4 Å². The van der Waals surface area contributed by atoms with Crippen LogP contribution in [0.25, 0.3) is 11.0 Å². The Morgan fingerprint density at radius 1 is 1.16 bits per heavy atom. The van der Waals surface area contributed by atoms with Crippen molar-refractivity contribution in [3.63, 3.8) is 0 Å². The molecule has 1 aromatic heterocycles. The molecule has 2 aliphatic rings. The second-order valence-corrected chi connectivity index (χ2v) is 9.99. The summed E-state index contributed by atoms with van der Waals surface area (Å²) in [5.41, 5.74) is 3.28. The number of carbonyl (C=O) groups excluding carboxylic acids is 2. The highest BCUT2D eigenvalue weighted by Crippen LogP contribution is 2.31. The van der Waals surface area contributed by atoms with E-state index in [-0.39, 0.29) is 23.8 Å². The quantitative estimate of drug-likeness (QED) is 0.286. The molecule has 0 unspecified atom stereocenters. The largest absolute Gasteiger partial charge is 0.349 e. The maximum Gasteiger partial charge on any atom is 0.254 e. The fourth-order valence-corrected chi connectivity index (χ4v) is 5.09. The number of nitrogens with one attached hydrogen (secondary N) is 1. The first-order valence-corrected chi connectivity index (χ1v) is 12.8. The number of rotatable bonds is 7. The summed E-state index contributed by atoms with van der Waals surface area (Å²) in [6.07, 6.45) is 7.66. The van der Waals surface area contributed by atoms with Gasteiger partial charge in [0, 0.05) is 61.5 Å². The van der Waals surface area contributed by atoms with Gasteiger partial charge in [0.15, 0.2) is 0 Å². The molecule has 1 aliphatic heterocycles. The fraction of sp³-hybridized carbons (Fsp3) is 0.321. The summed E-state index contributed by atoms with van der Waals surface area (Å²) in [5, 5.41) is 9.41. The van der Waals surface area contributed by atoms with Crippen molar-refractivity contribution in [1.29, 1.82) is 0 Å². The monoisotopic (exact) mass is 516 g/mol. The summed E-state index contributed by atoms with van der Waals surface area (Å²) in [6, 6.07) is 13.6. The van der Waals surface area contributed by atoms with E-state index in [2.05, 4.69) is 27.1 Å². The van der Waals surface area contributed by atoms with Crippen LogP contribution in [-0.2, 0) is 4.79 Å². The predicted molar refractivity (Wildman–Crippen MR) is 144 cm³/mol. The van der Waals surface area contributed by atoms with Crippen molar-refractivity contribution < 1.29 is 9.59 Å². The highest BCUT2D eigenvalue weighted by atomic mass is 35.5. The topological polar surface area (TPSA) is 90.8 Å². The summed E-state index contributed by atoms with van der Waals surface area (Å²) in [4.78, 5) is 37.0. The second-order valence-electron chi connectivity index (χ2n) is 9.58. The molecule has 190 valence electrons. The lowest BCUT2D eigenvalue weighted by atomic mass is 9.85. The Balaban J connectivity index is 1.35. The smallest absolute Gasteiger partial charge is 0.254 e. The minimum Gasteiger partial charge on any atom is -0.349 e. The van der Waals surface area contributed by atoms with Gasteiger partial charge < -0.3 is 10.2 Å². The molecule has 9 heteroatoms. The number of benzene rings is 2. The lowest BCUT2D eigenvalue weighted by molar-refractivity contribution is -0.118. The number of hydrogen-bond acceptors (Lipinski definition) is 6. The van der Waals surface area contributed by atoms with E-state index in [1.807, 2.05) is 35.2 Å². The second kappa shape index (κ2) is 10.7. The zero-order chi connectivity index (χ0) is 25.9. The van der Waals surface area contributed by atoms with Crippen LogP contribution in [0.3, 0.4) is 0 Å². The van der Waals surface area contributed by atoms with E-state index in [0.29, 0.717) is 52.7 Å². The van der Waals surface area contributed by atoms with Gasteiger partial charge in [-0.05, 0) is 43.9 Å². The summed E-state index contributed by atoms with van der Waals surface area (Å²) in [5.74, 6) is -0.323. The molecular formula is C28H29ClN6O2. The van der Waals surface area contributed by atoms with Gasteiger partial charge >= 0.3 is 0 Å². The van der Waals surface area contributed by atoms with E-state index in [4.69, 9.17) is 11.6 Å². The summed E-state index contributed by atoms with van der Waals surface area (Å²) < 4.78 is 0. The fourth-order valence-electron chi connectivity index (χ4n) is 4.83. The van der Waals surface area contributed by atoms with Crippen molar-refractivity contribution in [2.75, 3.05) is 13.1 Å². The molecule has 1 saturated carbocycles. The van der Waals surface area contributed by atoms with Crippen LogP contribution in [-0.4, -0.2) is 63.6 Å². The number of piperidine rings is 1. The van der Waals surface area contributed by atoms with Crippen LogP contribution in [0.5, 0.6) is 0 Å². The minimum atomic E-state index is -0.139. The van der Waals surface area contributed by atoms with Crippen LogP contribution < -0.4 is 5.32 Å². The van der Waals surface area contributed by atoms with Gasteiger partial charge in [-0.1, -0.05) is 41.9 Å². The molecular weight excluding hydrogens is 488 g/mol. The van der Waals surface area contributed by atoms with Crippen LogP contribution >= 0.6 is 11.6 Å². The van der Waals surface area contributed by atoms with Crippen LogP contribution in [0.1, 0.15) is 48.0 Å². The number of aromatic nitrogens is 2. The standard InChI is InChI=1S/C28H29ClN6O2/c1-18(16-35(30-2)21-8-9-21)27(36)33-24-10-13-34(17-22(24)19-6-4-3-5-7-19)28(37)20-14-23(29)26-25(15-20)31-11-12-32-26/h3-7,11-12,14-16,21-22,24H,2,8-10,13,17H2,1H3,(H,33,36)/b18-16+/t22-,24-/m1/s1. The lowest BCUT2D eigenvalue weighted by Crippen LogP contribution is -2.51. The number of hydrogen-bond donors (Lipinski definition) is 1. The highest BCUT2D eigenvalue weighted by Gasteiger charge is 2.34. The SMILES string of the molecule is C=NN(/C=C(\C)C(=O)N[C@@H]1CCN(C(=O)c2cc(Cl)c3nccnc3c2)C[C@@H]1c1ccccc1)C1CC1. The minimum absolute atomic E-state index is 0.0663. The molecule has 0 bridgehead atoms. The maximum absolute atomic E-state index is 13.5. The number of hydrazone groups is 1. The van der Waals surface area contributed by atoms with Crippen molar-refractivity contribution in [2.24, 2.45) is 5.10 Å². The Hall–Kier alpha value is -3.78. The lowest BCUT2D eigenvalue weighted by Gasteiger charge is -2.39. The van der Waals surface area contributed by atoms with E-state index in [1.165, 1.54) is 0 Å². The normalized spacial score (nSPS) is 19.9. The number of carbonyl (C=O) groups is 2. The Labute approximate surface area is 221 Å². The van der Waals surface area contributed by atoms with Crippen LogP contribution in [0, 0.1) is 0 Å². The van der Waals surface area contributed by atoms with E-state index < -0.39 is 0 Å². The number of likely N-dealkylation sites (tertiary alicyclic amines) is 1. The molecule has 2 amide bonds. The zero-order valence-corrected chi connectivity index (χ0v) is 21.4. The first-order valence-electron chi connectivity index (χ1n) is 12.4. The number of halogens is 1. The number of fused-ring (bicyclic) bond motifs is 1. The summed E-state index contributed by atoms with van der Waals surface area (Å²) >= 11 is 6.41. The highest BCUT2D eigenvalue weighted by molar-refractivity contribution is 6.35. The molecule has 0 radical (unpaired) electrons. The van der Waals surface area contributed by atoms with Crippen LogP contribution in [0.4, 0.5) is 0 Å². The first-order chi connectivity index (χ1) is 17.9. The zero-order valence-electron chi connectivity index (χ0n) is 20.7. The molecule has 3 aromatic rings. The average molecular weight is 517 g/mol. The molecule has 1 saturated heterocycles. The van der Waals surface area contributed by atoms with Crippen molar-refractivity contribution in [1.82, 2.24) is 25.2 Å². The van der Waals surface area contributed by atoms with Gasteiger partial charge in [-0.2, -0.15) is 5.10 Å². The Morgan fingerprint density at radius 2 is 1.92 bits per heavy atom. The van der Waals surface area contributed by atoms with Crippen molar-refractivity contribution in [3.05, 3.63) is 82.8 Å². The van der Waals surface area contributed by atoms with Gasteiger partial charge in [0.1, 0.15) is 5.52 Å². The van der Waals surface area contributed by atoms with Gasteiger partial charge in [0.05, 0.1) is 16.6 Å². The molecule has 37 heavy (non-hydrogen) atoms. The Morgan fingerprint density at radius 3 is 2.65 bits per heavy atom. The van der Waals surface area contributed by atoms with Gasteiger partial charge in [0.2, 0.25) is 5.91 Å². The number of amides is 2. The summed E-state index contributed by atoms with van der Waals surface area (Å²) in [6.45, 7) is 6.39. The third-order valence-electron chi connectivity index (χ3n) is 6.99. The molecule has 2 aromatic carbocycles. The van der Waals surface area contributed by atoms with Crippen molar-refractivity contribution in [3.8, 4) is 0 Å². The van der Waals surface area contributed by atoms with Gasteiger partial charge in [0.25, 0.3) is 5.91 Å².